The first-order chi connectivity index (χ1) is 7.81. The second-order valence-corrected chi connectivity index (χ2v) is 5.65. The number of unbranched alkanes of at least 4 members (excludes halogenated alkanes) is 1. The SMILES string of the molecule is O=C1CN2CCCCC2CN1CCCCBr. The summed E-state index contributed by atoms with van der Waals surface area (Å²) in [6, 6.07) is 0.649. The van der Waals surface area contributed by atoms with E-state index < -0.39 is 0 Å². The summed E-state index contributed by atoms with van der Waals surface area (Å²) in [6.45, 7) is 3.72. The van der Waals surface area contributed by atoms with Gasteiger partial charge in [0.2, 0.25) is 5.91 Å². The molecule has 92 valence electrons. The van der Waals surface area contributed by atoms with Gasteiger partial charge in [-0.05, 0) is 32.2 Å². The Kier molecular flexibility index (Phi) is 4.65. The van der Waals surface area contributed by atoms with Gasteiger partial charge in [0.15, 0.2) is 0 Å². The molecule has 0 aliphatic carbocycles. The number of piperidine rings is 1. The van der Waals surface area contributed by atoms with E-state index in [1.165, 1.54) is 19.3 Å². The molecule has 2 fully saturated rings. The summed E-state index contributed by atoms with van der Waals surface area (Å²) in [7, 11) is 0. The third-order valence-corrected chi connectivity index (χ3v) is 4.24. The lowest BCUT2D eigenvalue weighted by Crippen LogP contribution is -2.57. The molecule has 0 aromatic heterocycles. The van der Waals surface area contributed by atoms with Crippen molar-refractivity contribution >= 4 is 21.8 Å². The van der Waals surface area contributed by atoms with Crippen LogP contribution in [0.15, 0.2) is 0 Å². The minimum absolute atomic E-state index is 0.340. The lowest BCUT2D eigenvalue weighted by molar-refractivity contribution is -0.139. The Morgan fingerprint density at radius 1 is 1.31 bits per heavy atom. The van der Waals surface area contributed by atoms with Gasteiger partial charge >= 0.3 is 0 Å². The van der Waals surface area contributed by atoms with Crippen molar-refractivity contribution in [1.29, 1.82) is 0 Å². The molecule has 1 atom stereocenters. The topological polar surface area (TPSA) is 23.6 Å². The van der Waals surface area contributed by atoms with Crippen LogP contribution in [0, 0.1) is 0 Å². The number of carbonyl (C=O) groups is 1. The molecule has 0 N–H and O–H groups in total. The number of alkyl halides is 1. The van der Waals surface area contributed by atoms with E-state index in [0.717, 1.165) is 37.8 Å². The molecule has 16 heavy (non-hydrogen) atoms. The maximum absolute atomic E-state index is 11.9. The average Bonchev–Trinajstić information content (AvgIpc) is 2.30. The Morgan fingerprint density at radius 2 is 2.19 bits per heavy atom. The van der Waals surface area contributed by atoms with Gasteiger partial charge in [-0.3, -0.25) is 9.69 Å². The van der Waals surface area contributed by atoms with Crippen molar-refractivity contribution in [3.05, 3.63) is 0 Å². The van der Waals surface area contributed by atoms with E-state index in [-0.39, 0.29) is 0 Å². The van der Waals surface area contributed by atoms with Crippen LogP contribution in [0.5, 0.6) is 0 Å². The third-order valence-electron chi connectivity index (χ3n) is 3.68. The fourth-order valence-corrected chi connectivity index (χ4v) is 3.11. The van der Waals surface area contributed by atoms with Gasteiger partial charge in [0.1, 0.15) is 0 Å². The van der Waals surface area contributed by atoms with Crippen molar-refractivity contribution in [3.63, 3.8) is 0 Å². The van der Waals surface area contributed by atoms with Crippen LogP contribution < -0.4 is 0 Å². The Bertz CT molecular complexity index is 247. The molecule has 2 aliphatic heterocycles. The van der Waals surface area contributed by atoms with Gasteiger partial charge in [0.05, 0.1) is 6.54 Å². The number of fused-ring (bicyclic) bond motifs is 1. The van der Waals surface area contributed by atoms with Crippen molar-refractivity contribution in [2.45, 2.75) is 38.1 Å². The Hall–Kier alpha value is -0.0900. The molecule has 2 rings (SSSR count). The van der Waals surface area contributed by atoms with Crippen molar-refractivity contribution < 1.29 is 4.79 Å². The van der Waals surface area contributed by atoms with Gasteiger partial charge in [0.25, 0.3) is 0 Å². The molecule has 0 radical (unpaired) electrons. The molecule has 2 heterocycles. The number of hydrogen-bond donors (Lipinski definition) is 0. The molecule has 0 aromatic carbocycles. The summed E-state index contributed by atoms with van der Waals surface area (Å²) in [5.74, 6) is 0.340. The lowest BCUT2D eigenvalue weighted by atomic mass is 9.99. The third kappa shape index (κ3) is 2.98. The van der Waals surface area contributed by atoms with Gasteiger partial charge in [-0.15, -0.1) is 0 Å². The highest BCUT2D eigenvalue weighted by Gasteiger charge is 2.32. The molecule has 0 bridgehead atoms. The summed E-state index contributed by atoms with van der Waals surface area (Å²) < 4.78 is 0. The Morgan fingerprint density at radius 3 is 3.00 bits per heavy atom. The molecule has 2 aliphatic rings. The summed E-state index contributed by atoms with van der Waals surface area (Å²) >= 11 is 3.43. The Balaban J connectivity index is 1.83. The molecular weight excluding hydrogens is 268 g/mol. The van der Waals surface area contributed by atoms with E-state index in [0.29, 0.717) is 18.5 Å². The van der Waals surface area contributed by atoms with Crippen molar-refractivity contribution in [1.82, 2.24) is 9.80 Å². The van der Waals surface area contributed by atoms with E-state index in [9.17, 15) is 4.79 Å². The van der Waals surface area contributed by atoms with Crippen LogP contribution in [-0.2, 0) is 4.79 Å². The highest BCUT2D eigenvalue weighted by Crippen LogP contribution is 2.21. The molecule has 2 saturated heterocycles. The number of halogens is 1. The normalized spacial score (nSPS) is 26.9. The predicted molar refractivity (Wildman–Crippen MR) is 68.8 cm³/mol. The Labute approximate surface area is 106 Å². The van der Waals surface area contributed by atoms with Gasteiger partial charge in [-0.1, -0.05) is 22.4 Å². The zero-order valence-corrected chi connectivity index (χ0v) is 11.4. The fraction of sp³-hybridized carbons (Fsp3) is 0.917. The lowest BCUT2D eigenvalue weighted by Gasteiger charge is -2.43. The summed E-state index contributed by atoms with van der Waals surface area (Å²) in [5, 5.41) is 1.05. The highest BCUT2D eigenvalue weighted by atomic mass is 79.9. The van der Waals surface area contributed by atoms with Gasteiger partial charge < -0.3 is 4.90 Å². The molecule has 4 heteroatoms. The predicted octanol–water partition coefficient (Wildman–Crippen LogP) is 1.86. The standard InChI is InChI=1S/C12H21BrN2O/c13-6-2-4-8-15-9-11-5-1-3-7-14(11)10-12(15)16/h11H,1-10H2. The average molecular weight is 289 g/mol. The number of piperazine rings is 1. The molecular formula is C12H21BrN2O. The quantitative estimate of drug-likeness (QED) is 0.582. The number of nitrogens with zero attached hydrogens (tertiary/aromatic N) is 2. The van der Waals surface area contributed by atoms with Crippen LogP contribution in [0.2, 0.25) is 0 Å². The zero-order valence-electron chi connectivity index (χ0n) is 9.83. The van der Waals surface area contributed by atoms with Gasteiger partial charge in [-0.2, -0.15) is 0 Å². The van der Waals surface area contributed by atoms with Crippen molar-refractivity contribution in [3.8, 4) is 0 Å². The van der Waals surface area contributed by atoms with Gasteiger partial charge in [0, 0.05) is 24.5 Å². The molecule has 1 unspecified atom stereocenters. The van der Waals surface area contributed by atoms with Crippen LogP contribution in [0.25, 0.3) is 0 Å². The van der Waals surface area contributed by atoms with E-state index in [2.05, 4.69) is 25.7 Å². The summed E-state index contributed by atoms with van der Waals surface area (Å²) in [6.07, 6.45) is 6.18. The maximum Gasteiger partial charge on any atom is 0.236 e. The van der Waals surface area contributed by atoms with Crippen molar-refractivity contribution in [2.24, 2.45) is 0 Å². The van der Waals surface area contributed by atoms with Gasteiger partial charge in [-0.25, -0.2) is 0 Å². The van der Waals surface area contributed by atoms with E-state index in [4.69, 9.17) is 0 Å². The minimum atomic E-state index is 0.340. The second kappa shape index (κ2) is 6.01. The number of carbonyl (C=O) groups excluding carboxylic acids is 1. The summed E-state index contributed by atoms with van der Waals surface area (Å²) in [4.78, 5) is 16.4. The summed E-state index contributed by atoms with van der Waals surface area (Å²) in [5.41, 5.74) is 0. The molecule has 1 amide bonds. The van der Waals surface area contributed by atoms with E-state index in [1.807, 2.05) is 0 Å². The smallest absolute Gasteiger partial charge is 0.236 e. The molecule has 3 nitrogen and oxygen atoms in total. The largest absolute Gasteiger partial charge is 0.340 e. The highest BCUT2D eigenvalue weighted by molar-refractivity contribution is 9.09. The van der Waals surface area contributed by atoms with Crippen LogP contribution in [0.3, 0.4) is 0 Å². The zero-order chi connectivity index (χ0) is 11.4. The minimum Gasteiger partial charge on any atom is -0.340 e. The molecule has 0 spiro atoms. The molecule has 0 aromatic rings. The molecule has 0 saturated carbocycles. The first-order valence-corrected chi connectivity index (χ1v) is 7.51. The monoisotopic (exact) mass is 288 g/mol. The first kappa shape index (κ1) is 12.4. The van der Waals surface area contributed by atoms with Crippen LogP contribution >= 0.6 is 15.9 Å². The van der Waals surface area contributed by atoms with E-state index >= 15 is 0 Å². The van der Waals surface area contributed by atoms with E-state index in [1.54, 1.807) is 0 Å². The van der Waals surface area contributed by atoms with Crippen LogP contribution in [-0.4, -0.2) is 53.3 Å². The maximum atomic E-state index is 11.9. The second-order valence-electron chi connectivity index (χ2n) is 4.86. The number of amides is 1. The first-order valence-electron chi connectivity index (χ1n) is 6.39. The van der Waals surface area contributed by atoms with Crippen molar-refractivity contribution in [2.75, 3.05) is 31.5 Å². The number of rotatable bonds is 4. The van der Waals surface area contributed by atoms with Crippen LogP contribution in [0.1, 0.15) is 32.1 Å². The fourth-order valence-electron chi connectivity index (χ4n) is 2.72. The van der Waals surface area contributed by atoms with Crippen LogP contribution in [0.4, 0.5) is 0 Å². The number of hydrogen-bond acceptors (Lipinski definition) is 2.